The van der Waals surface area contributed by atoms with Crippen LogP contribution in [0.5, 0.6) is 0 Å². The van der Waals surface area contributed by atoms with Gasteiger partial charge in [-0.25, -0.2) is 0 Å². The largest absolute Gasteiger partial charge is 0.406 e. The van der Waals surface area contributed by atoms with E-state index in [4.69, 9.17) is 11.6 Å². The molecule has 0 N–H and O–H groups in total. The van der Waals surface area contributed by atoms with Gasteiger partial charge in [-0.2, -0.15) is 13.2 Å². The highest BCUT2D eigenvalue weighted by Gasteiger charge is 2.30. The third-order valence-electron chi connectivity index (χ3n) is 5.44. The molecule has 0 aliphatic carbocycles. The molecular formula is C22H25ClF3N5OS. The van der Waals surface area contributed by atoms with E-state index in [9.17, 15) is 18.0 Å². The van der Waals surface area contributed by atoms with Gasteiger partial charge in [0.1, 0.15) is 6.54 Å². The molecule has 0 saturated heterocycles. The van der Waals surface area contributed by atoms with Crippen LogP contribution in [0.2, 0.25) is 5.02 Å². The van der Waals surface area contributed by atoms with E-state index in [0.29, 0.717) is 27.4 Å². The van der Waals surface area contributed by atoms with Crippen molar-refractivity contribution in [3.05, 3.63) is 58.1 Å². The van der Waals surface area contributed by atoms with Crippen LogP contribution in [0.4, 0.5) is 13.2 Å². The molecular weight excluding hydrogens is 475 g/mol. The van der Waals surface area contributed by atoms with Gasteiger partial charge in [-0.3, -0.25) is 14.3 Å². The molecule has 0 radical (unpaired) electrons. The van der Waals surface area contributed by atoms with Gasteiger partial charge in [0.05, 0.1) is 11.8 Å². The molecule has 0 saturated carbocycles. The van der Waals surface area contributed by atoms with Crippen LogP contribution in [0.3, 0.4) is 0 Å². The quantitative estimate of drug-likeness (QED) is 0.302. The number of aromatic nitrogens is 4. The SMILES string of the molecule is Cc1cc(C(=O)CSc2nnc(C(C)N(C)C)n2-c2ccc(Cl)cc2)c(C)n1CC(F)(F)F. The van der Waals surface area contributed by atoms with Crippen LogP contribution in [0.25, 0.3) is 5.69 Å². The molecule has 0 aliphatic rings. The van der Waals surface area contributed by atoms with Crippen LogP contribution < -0.4 is 0 Å². The Morgan fingerprint density at radius 1 is 1.18 bits per heavy atom. The maximum atomic E-state index is 12.9. The van der Waals surface area contributed by atoms with Crippen LogP contribution in [0.15, 0.2) is 35.5 Å². The second-order valence-electron chi connectivity index (χ2n) is 7.99. The van der Waals surface area contributed by atoms with E-state index in [1.54, 1.807) is 19.1 Å². The lowest BCUT2D eigenvalue weighted by atomic mass is 10.2. The number of rotatable bonds is 8. The van der Waals surface area contributed by atoms with Gasteiger partial charge in [0.25, 0.3) is 0 Å². The number of carbonyl (C=O) groups is 1. The minimum atomic E-state index is -4.36. The first kappa shape index (κ1) is 25.3. The molecule has 3 rings (SSSR count). The highest BCUT2D eigenvalue weighted by atomic mass is 35.5. The Morgan fingerprint density at radius 2 is 1.82 bits per heavy atom. The van der Waals surface area contributed by atoms with Gasteiger partial charge in [-0.15, -0.1) is 10.2 Å². The molecule has 0 amide bonds. The normalized spacial score (nSPS) is 13.0. The van der Waals surface area contributed by atoms with E-state index >= 15 is 0 Å². The summed E-state index contributed by atoms with van der Waals surface area (Å²) in [5.41, 5.74) is 1.77. The van der Waals surface area contributed by atoms with Gasteiger partial charge in [0, 0.05) is 27.7 Å². The Morgan fingerprint density at radius 3 is 2.39 bits per heavy atom. The lowest BCUT2D eigenvalue weighted by Crippen LogP contribution is -2.20. The number of benzene rings is 1. The van der Waals surface area contributed by atoms with E-state index in [0.717, 1.165) is 10.3 Å². The zero-order valence-corrected chi connectivity index (χ0v) is 20.5. The summed E-state index contributed by atoms with van der Waals surface area (Å²) in [5, 5.41) is 9.73. The molecule has 0 fully saturated rings. The van der Waals surface area contributed by atoms with Gasteiger partial charge >= 0.3 is 6.18 Å². The van der Waals surface area contributed by atoms with Crippen LogP contribution in [0, 0.1) is 13.8 Å². The summed E-state index contributed by atoms with van der Waals surface area (Å²) in [5.74, 6) is 0.438. The van der Waals surface area contributed by atoms with E-state index in [-0.39, 0.29) is 23.1 Å². The molecule has 0 spiro atoms. The minimum absolute atomic E-state index is 0.0123. The van der Waals surface area contributed by atoms with Gasteiger partial charge in [-0.05, 0) is 65.2 Å². The third-order valence-corrected chi connectivity index (χ3v) is 6.62. The Bertz CT molecular complexity index is 1140. The molecule has 178 valence electrons. The average molecular weight is 500 g/mol. The Labute approximate surface area is 199 Å². The smallest absolute Gasteiger partial charge is 0.339 e. The van der Waals surface area contributed by atoms with Crippen molar-refractivity contribution in [1.82, 2.24) is 24.2 Å². The molecule has 11 heteroatoms. The number of alkyl halides is 3. The molecule has 6 nitrogen and oxygen atoms in total. The number of halogens is 4. The van der Waals surface area contributed by atoms with Crippen molar-refractivity contribution in [2.45, 2.75) is 44.7 Å². The second-order valence-corrected chi connectivity index (χ2v) is 9.37. The summed E-state index contributed by atoms with van der Waals surface area (Å²) in [6.45, 7) is 3.96. The molecule has 2 aromatic heterocycles. The maximum absolute atomic E-state index is 12.9. The fraction of sp³-hybridized carbons (Fsp3) is 0.409. The predicted molar refractivity (Wildman–Crippen MR) is 123 cm³/mol. The molecule has 3 aromatic rings. The molecule has 0 aliphatic heterocycles. The number of carbonyl (C=O) groups excluding carboxylic acids is 1. The van der Waals surface area contributed by atoms with E-state index in [1.807, 2.05) is 42.6 Å². The number of Topliss-reactive ketones (excluding diaryl/α,β-unsaturated/α-hetero) is 1. The number of nitrogens with zero attached hydrogens (tertiary/aromatic N) is 5. The monoisotopic (exact) mass is 499 g/mol. The average Bonchev–Trinajstić information content (AvgIpc) is 3.27. The first-order chi connectivity index (χ1) is 15.4. The first-order valence-corrected chi connectivity index (χ1v) is 11.5. The summed E-state index contributed by atoms with van der Waals surface area (Å²) in [6, 6.07) is 8.65. The molecule has 0 bridgehead atoms. The summed E-state index contributed by atoms with van der Waals surface area (Å²) >= 11 is 7.23. The second kappa shape index (κ2) is 9.90. The zero-order valence-electron chi connectivity index (χ0n) is 18.9. The van der Waals surface area contributed by atoms with Crippen LogP contribution in [-0.2, 0) is 6.54 Å². The summed E-state index contributed by atoms with van der Waals surface area (Å²) < 4.78 is 41.7. The number of hydrogen-bond donors (Lipinski definition) is 0. The molecule has 1 unspecified atom stereocenters. The summed E-state index contributed by atoms with van der Waals surface area (Å²) in [7, 11) is 3.86. The topological polar surface area (TPSA) is 56.0 Å². The lowest BCUT2D eigenvalue weighted by Gasteiger charge is -2.20. The first-order valence-electron chi connectivity index (χ1n) is 10.2. The number of aryl methyl sites for hydroxylation is 1. The van der Waals surface area contributed by atoms with E-state index in [2.05, 4.69) is 10.2 Å². The highest BCUT2D eigenvalue weighted by Crippen LogP contribution is 2.29. The molecule has 33 heavy (non-hydrogen) atoms. The Hall–Kier alpha value is -2.30. The van der Waals surface area contributed by atoms with Gasteiger partial charge in [-0.1, -0.05) is 23.4 Å². The minimum Gasteiger partial charge on any atom is -0.339 e. The fourth-order valence-corrected chi connectivity index (χ4v) is 4.39. The predicted octanol–water partition coefficient (Wildman–Crippen LogP) is 5.50. The van der Waals surface area contributed by atoms with Crippen molar-refractivity contribution in [3.63, 3.8) is 0 Å². The Balaban J connectivity index is 1.88. The zero-order chi connectivity index (χ0) is 24.5. The fourth-order valence-electron chi connectivity index (χ4n) is 3.42. The van der Waals surface area contributed by atoms with Crippen molar-refractivity contribution < 1.29 is 18.0 Å². The van der Waals surface area contributed by atoms with E-state index < -0.39 is 12.7 Å². The van der Waals surface area contributed by atoms with Crippen molar-refractivity contribution in [1.29, 1.82) is 0 Å². The number of hydrogen-bond acceptors (Lipinski definition) is 5. The van der Waals surface area contributed by atoms with Gasteiger partial charge in [0.15, 0.2) is 16.8 Å². The number of thioether (sulfide) groups is 1. The van der Waals surface area contributed by atoms with Crippen molar-refractivity contribution in [3.8, 4) is 5.69 Å². The third kappa shape index (κ3) is 5.80. The number of ketones is 1. The maximum Gasteiger partial charge on any atom is 0.406 e. The highest BCUT2D eigenvalue weighted by molar-refractivity contribution is 7.99. The lowest BCUT2D eigenvalue weighted by molar-refractivity contribution is -0.141. The van der Waals surface area contributed by atoms with Crippen molar-refractivity contribution >= 4 is 29.1 Å². The van der Waals surface area contributed by atoms with Crippen LogP contribution >= 0.6 is 23.4 Å². The molecule has 1 atom stereocenters. The molecule has 2 heterocycles. The van der Waals surface area contributed by atoms with Gasteiger partial charge < -0.3 is 4.57 Å². The van der Waals surface area contributed by atoms with Crippen LogP contribution in [-0.4, -0.2) is 56.0 Å². The van der Waals surface area contributed by atoms with E-state index in [1.165, 1.54) is 24.8 Å². The summed E-state index contributed by atoms with van der Waals surface area (Å²) in [4.78, 5) is 14.9. The van der Waals surface area contributed by atoms with Crippen LogP contribution in [0.1, 0.15) is 40.5 Å². The van der Waals surface area contributed by atoms with Crippen molar-refractivity contribution in [2.75, 3.05) is 19.8 Å². The van der Waals surface area contributed by atoms with Gasteiger partial charge in [0.2, 0.25) is 0 Å². The Kier molecular flexibility index (Phi) is 7.60. The summed E-state index contributed by atoms with van der Waals surface area (Å²) in [6.07, 6.45) is -4.36. The van der Waals surface area contributed by atoms with Crippen molar-refractivity contribution in [2.24, 2.45) is 0 Å². The standard InChI is InChI=1S/C22H25ClF3N5OS/c1-13-10-18(14(2)30(13)12-22(24,25)26)19(32)11-33-21-28-27-20(15(3)29(4)5)31(21)17-8-6-16(23)7-9-17/h6-10,15H,11-12H2,1-5H3. The molecule has 1 aromatic carbocycles.